The number of ether oxygens (including phenoxy) is 1. The minimum atomic E-state index is -4.68. The maximum Gasteiger partial charge on any atom is 0.419 e. The van der Waals surface area contributed by atoms with Crippen LogP contribution in [-0.2, 0) is 22.4 Å². The summed E-state index contributed by atoms with van der Waals surface area (Å²) < 4.78 is 112. The number of sulfonamides is 1. The molecular formula is C25H22F6N2O3S2. The zero-order valence-electron chi connectivity index (χ0n) is 19.8. The summed E-state index contributed by atoms with van der Waals surface area (Å²) in [6.45, 7) is 1.12. The number of hydrogen-bond donors (Lipinski definition) is 1. The third kappa shape index (κ3) is 6.94. The van der Waals surface area contributed by atoms with Crippen molar-refractivity contribution in [1.82, 2.24) is 4.90 Å². The quantitative estimate of drug-likeness (QED) is 0.315. The van der Waals surface area contributed by atoms with Crippen LogP contribution < -0.4 is 9.46 Å². The van der Waals surface area contributed by atoms with E-state index in [0.717, 1.165) is 42.1 Å². The molecule has 1 aliphatic heterocycles. The highest BCUT2D eigenvalue weighted by Gasteiger charge is 2.36. The van der Waals surface area contributed by atoms with Gasteiger partial charge in [-0.3, -0.25) is 4.72 Å². The summed E-state index contributed by atoms with van der Waals surface area (Å²) in [7, 11) is -2.33. The number of anilines is 1. The summed E-state index contributed by atoms with van der Waals surface area (Å²) in [5.41, 5.74) is -1.87. The highest BCUT2D eigenvalue weighted by molar-refractivity contribution is 7.99. The van der Waals surface area contributed by atoms with Crippen LogP contribution >= 0.6 is 11.8 Å². The first-order chi connectivity index (χ1) is 17.7. The second kappa shape index (κ2) is 10.7. The summed E-state index contributed by atoms with van der Waals surface area (Å²) in [4.78, 5) is 2.88. The predicted molar refractivity (Wildman–Crippen MR) is 131 cm³/mol. The highest BCUT2D eigenvalue weighted by atomic mass is 32.2. The SMILES string of the molecule is CN1CCC(Oc2cc(NS(=O)(=O)c3ccc(Sc4ccc(C(F)(F)F)cc4)cc3)ccc2C(F)(F)F)C1. The summed E-state index contributed by atoms with van der Waals surface area (Å²) in [5, 5.41) is 0. The van der Waals surface area contributed by atoms with Crippen molar-refractivity contribution in [3.63, 3.8) is 0 Å². The Labute approximate surface area is 219 Å². The molecule has 3 aromatic carbocycles. The van der Waals surface area contributed by atoms with Crippen LogP contribution in [0.3, 0.4) is 0 Å². The van der Waals surface area contributed by atoms with Gasteiger partial charge in [0.2, 0.25) is 0 Å². The highest BCUT2D eigenvalue weighted by Crippen LogP contribution is 2.39. The van der Waals surface area contributed by atoms with Crippen LogP contribution in [0.1, 0.15) is 17.5 Å². The molecule has 1 heterocycles. The lowest BCUT2D eigenvalue weighted by atomic mass is 10.1. The number of benzene rings is 3. The number of likely N-dealkylation sites (N-methyl/N-ethyl adjacent to an activating group) is 1. The minimum absolute atomic E-state index is 0.0949. The van der Waals surface area contributed by atoms with E-state index in [0.29, 0.717) is 29.3 Å². The van der Waals surface area contributed by atoms with Gasteiger partial charge in [-0.25, -0.2) is 8.42 Å². The van der Waals surface area contributed by atoms with E-state index in [1.54, 1.807) is 0 Å². The van der Waals surface area contributed by atoms with Gasteiger partial charge < -0.3 is 9.64 Å². The van der Waals surface area contributed by atoms with Crippen LogP contribution in [0, 0.1) is 0 Å². The van der Waals surface area contributed by atoms with E-state index in [4.69, 9.17) is 4.74 Å². The van der Waals surface area contributed by atoms with Crippen LogP contribution in [0.2, 0.25) is 0 Å². The lowest BCUT2D eigenvalue weighted by molar-refractivity contribution is -0.139. The molecule has 4 rings (SSSR count). The fourth-order valence-electron chi connectivity index (χ4n) is 3.84. The van der Waals surface area contributed by atoms with Gasteiger partial charge in [-0.05, 0) is 74.1 Å². The molecule has 1 fully saturated rings. The molecule has 0 aromatic heterocycles. The van der Waals surface area contributed by atoms with E-state index in [-0.39, 0.29) is 10.6 Å². The first kappa shape index (κ1) is 28.1. The number of rotatable bonds is 7. The molecule has 1 saturated heterocycles. The molecule has 38 heavy (non-hydrogen) atoms. The molecule has 3 aromatic rings. The molecule has 1 atom stereocenters. The number of hydrogen-bond acceptors (Lipinski definition) is 5. The number of nitrogens with zero attached hydrogens (tertiary/aromatic N) is 1. The maximum atomic E-state index is 13.5. The van der Waals surface area contributed by atoms with Crippen molar-refractivity contribution in [2.75, 3.05) is 24.9 Å². The average Bonchev–Trinajstić information content (AvgIpc) is 3.22. The zero-order chi connectivity index (χ0) is 27.7. The van der Waals surface area contributed by atoms with E-state index in [2.05, 4.69) is 4.72 Å². The smallest absolute Gasteiger partial charge is 0.419 e. The first-order valence-electron chi connectivity index (χ1n) is 11.3. The summed E-state index contributed by atoms with van der Waals surface area (Å²) in [6, 6.07) is 12.9. The van der Waals surface area contributed by atoms with Gasteiger partial charge in [-0.1, -0.05) is 11.8 Å². The average molecular weight is 577 g/mol. The maximum absolute atomic E-state index is 13.5. The van der Waals surface area contributed by atoms with Gasteiger partial charge in [-0.15, -0.1) is 0 Å². The topological polar surface area (TPSA) is 58.6 Å². The lowest BCUT2D eigenvalue weighted by Crippen LogP contribution is -2.23. The van der Waals surface area contributed by atoms with Gasteiger partial charge in [0.25, 0.3) is 10.0 Å². The Morgan fingerprint density at radius 1 is 0.895 bits per heavy atom. The molecule has 0 radical (unpaired) electrons. The summed E-state index contributed by atoms with van der Waals surface area (Å²) in [5.74, 6) is -0.457. The predicted octanol–water partition coefficient (Wildman–Crippen LogP) is 6.76. The molecule has 1 aliphatic rings. The largest absolute Gasteiger partial charge is 0.488 e. The Morgan fingerprint density at radius 2 is 1.50 bits per heavy atom. The molecule has 13 heteroatoms. The molecule has 1 unspecified atom stereocenters. The molecular weight excluding hydrogens is 554 g/mol. The van der Waals surface area contributed by atoms with E-state index in [1.807, 2.05) is 11.9 Å². The van der Waals surface area contributed by atoms with Gasteiger partial charge in [0.05, 0.1) is 21.7 Å². The summed E-state index contributed by atoms with van der Waals surface area (Å²) in [6.07, 6.45) is -9.04. The lowest BCUT2D eigenvalue weighted by Gasteiger charge is -2.19. The number of nitrogens with one attached hydrogen (secondary N) is 1. The van der Waals surface area contributed by atoms with Crippen molar-refractivity contribution in [1.29, 1.82) is 0 Å². The van der Waals surface area contributed by atoms with Gasteiger partial charge >= 0.3 is 12.4 Å². The zero-order valence-corrected chi connectivity index (χ0v) is 21.4. The Morgan fingerprint density at radius 3 is 2.03 bits per heavy atom. The molecule has 0 amide bonds. The second-order valence-corrected chi connectivity index (χ2v) is 11.5. The van der Waals surface area contributed by atoms with Crippen molar-refractivity contribution in [3.05, 3.63) is 77.9 Å². The standard InChI is InChI=1S/C25H22F6N2O3S2/c1-33-13-12-18(15-33)36-23-14-17(4-11-22(23)25(29,30)31)32-38(34,35)21-9-7-20(8-10-21)37-19-5-2-16(3-6-19)24(26,27)28/h2-11,14,18,32H,12-13,15H2,1H3. The van der Waals surface area contributed by atoms with Crippen molar-refractivity contribution in [3.8, 4) is 5.75 Å². The van der Waals surface area contributed by atoms with Crippen LogP contribution in [-0.4, -0.2) is 39.6 Å². The van der Waals surface area contributed by atoms with E-state index in [9.17, 15) is 34.8 Å². The monoisotopic (exact) mass is 576 g/mol. The van der Waals surface area contributed by atoms with E-state index < -0.39 is 45.4 Å². The fourth-order valence-corrected chi connectivity index (χ4v) is 5.70. The normalized spacial score (nSPS) is 17.0. The molecule has 204 valence electrons. The third-order valence-corrected chi connectivity index (χ3v) is 8.15. The minimum Gasteiger partial charge on any atom is -0.488 e. The summed E-state index contributed by atoms with van der Waals surface area (Å²) >= 11 is 1.14. The molecule has 1 N–H and O–H groups in total. The Hall–Kier alpha value is -2.90. The van der Waals surface area contributed by atoms with Gasteiger partial charge in [0.1, 0.15) is 11.9 Å². The molecule has 5 nitrogen and oxygen atoms in total. The van der Waals surface area contributed by atoms with Crippen molar-refractivity contribution < 1.29 is 39.5 Å². The number of likely N-dealkylation sites (tertiary alicyclic amines) is 1. The van der Waals surface area contributed by atoms with Crippen molar-refractivity contribution in [2.45, 2.75) is 39.6 Å². The van der Waals surface area contributed by atoms with Crippen LogP contribution in [0.4, 0.5) is 32.0 Å². The fraction of sp³-hybridized carbons (Fsp3) is 0.280. The van der Waals surface area contributed by atoms with Crippen molar-refractivity contribution >= 4 is 27.5 Å². The van der Waals surface area contributed by atoms with Gasteiger partial charge in [0, 0.05) is 28.9 Å². The Bertz CT molecular complexity index is 1380. The molecule has 0 saturated carbocycles. The van der Waals surface area contributed by atoms with Crippen molar-refractivity contribution in [2.24, 2.45) is 0 Å². The molecule has 0 spiro atoms. The Balaban J connectivity index is 1.49. The van der Waals surface area contributed by atoms with Crippen LogP contribution in [0.5, 0.6) is 5.75 Å². The van der Waals surface area contributed by atoms with Crippen LogP contribution in [0.25, 0.3) is 0 Å². The molecule has 0 aliphatic carbocycles. The van der Waals surface area contributed by atoms with E-state index >= 15 is 0 Å². The van der Waals surface area contributed by atoms with Gasteiger partial charge in [-0.2, -0.15) is 26.3 Å². The third-order valence-electron chi connectivity index (χ3n) is 5.73. The first-order valence-corrected chi connectivity index (χ1v) is 13.6. The van der Waals surface area contributed by atoms with E-state index in [1.165, 1.54) is 36.4 Å². The molecule has 0 bridgehead atoms. The second-order valence-electron chi connectivity index (χ2n) is 8.70. The van der Waals surface area contributed by atoms with Gasteiger partial charge in [0.15, 0.2) is 0 Å². The number of alkyl halides is 6. The van der Waals surface area contributed by atoms with Crippen LogP contribution in [0.15, 0.2) is 81.4 Å². The number of halogens is 6. The Kier molecular flexibility index (Phi) is 7.91.